The molecule has 3 N–H and O–H groups in total. The van der Waals surface area contributed by atoms with Crippen molar-refractivity contribution in [3.05, 3.63) is 71.3 Å². The van der Waals surface area contributed by atoms with E-state index in [1.54, 1.807) is 0 Å². The number of amides is 1. The first kappa shape index (κ1) is 21.8. The topological polar surface area (TPSA) is 68.8 Å². The largest absolute Gasteiger partial charge is 0.357 e. The Bertz CT molecular complexity index is 798. The second kappa shape index (κ2) is 12.0. The number of nitrogens with zero attached hydrogens (tertiary/aromatic N) is 2. The highest BCUT2D eigenvalue weighted by Gasteiger charge is 2.11. The number of carbonyl (C=O) groups excluding carboxylic acids is 1. The van der Waals surface area contributed by atoms with Crippen molar-refractivity contribution in [2.24, 2.45) is 4.99 Å². The summed E-state index contributed by atoms with van der Waals surface area (Å²) in [6, 6.07) is 18.0. The van der Waals surface area contributed by atoms with Crippen LogP contribution in [0.4, 0.5) is 0 Å². The molecule has 1 amide bonds. The lowest BCUT2D eigenvalue weighted by atomic mass is 10.1. The summed E-state index contributed by atoms with van der Waals surface area (Å²) in [5.74, 6) is 0.695. The highest BCUT2D eigenvalue weighted by Crippen LogP contribution is 2.13. The first-order valence-corrected chi connectivity index (χ1v) is 10.9. The van der Waals surface area contributed by atoms with E-state index >= 15 is 0 Å². The molecule has 1 heterocycles. The van der Waals surface area contributed by atoms with Crippen LogP contribution in [0.1, 0.15) is 41.3 Å². The fourth-order valence-electron chi connectivity index (χ4n) is 3.51. The SMILES string of the molecule is CCNC(=NCc1ccc(CN2CCCC2)cc1)NCCNC(=O)c1ccccc1. The predicted molar refractivity (Wildman–Crippen MR) is 123 cm³/mol. The summed E-state index contributed by atoms with van der Waals surface area (Å²) in [6.07, 6.45) is 2.64. The molecular formula is C24H33N5O. The van der Waals surface area contributed by atoms with Gasteiger partial charge >= 0.3 is 0 Å². The number of likely N-dealkylation sites (tertiary alicyclic amines) is 1. The minimum atomic E-state index is -0.0617. The van der Waals surface area contributed by atoms with Gasteiger partial charge in [0.05, 0.1) is 6.54 Å². The summed E-state index contributed by atoms with van der Waals surface area (Å²) < 4.78 is 0. The van der Waals surface area contributed by atoms with Crippen LogP contribution in [0.5, 0.6) is 0 Å². The molecule has 0 unspecified atom stereocenters. The van der Waals surface area contributed by atoms with E-state index in [-0.39, 0.29) is 5.91 Å². The molecule has 1 aliphatic heterocycles. The molecule has 6 heteroatoms. The van der Waals surface area contributed by atoms with Crippen molar-refractivity contribution in [2.75, 3.05) is 32.7 Å². The maximum Gasteiger partial charge on any atom is 0.251 e. The standard InChI is InChI=1S/C24H33N5O/c1-2-25-24(27-15-14-26-23(30)22-8-4-3-5-9-22)28-18-20-10-12-21(13-11-20)19-29-16-6-7-17-29/h3-5,8-13H,2,6-7,14-19H2,1H3,(H,26,30)(H2,25,27,28). The molecule has 2 aromatic carbocycles. The minimum absolute atomic E-state index is 0.0617. The normalized spacial score (nSPS) is 14.5. The highest BCUT2D eigenvalue weighted by molar-refractivity contribution is 5.94. The number of benzene rings is 2. The fraction of sp³-hybridized carbons (Fsp3) is 0.417. The van der Waals surface area contributed by atoms with Gasteiger partial charge in [0.15, 0.2) is 5.96 Å². The molecule has 0 spiro atoms. The van der Waals surface area contributed by atoms with Gasteiger partial charge in [-0.25, -0.2) is 4.99 Å². The third-order valence-corrected chi connectivity index (χ3v) is 5.13. The first-order valence-electron chi connectivity index (χ1n) is 10.9. The Morgan fingerprint density at radius 2 is 1.57 bits per heavy atom. The van der Waals surface area contributed by atoms with E-state index in [9.17, 15) is 4.79 Å². The maximum absolute atomic E-state index is 12.1. The maximum atomic E-state index is 12.1. The van der Waals surface area contributed by atoms with E-state index in [1.165, 1.54) is 37.1 Å². The molecule has 0 atom stereocenters. The lowest BCUT2D eigenvalue weighted by Gasteiger charge is -2.14. The van der Waals surface area contributed by atoms with Gasteiger partial charge in [-0.1, -0.05) is 42.5 Å². The predicted octanol–water partition coefficient (Wildman–Crippen LogP) is 2.77. The lowest BCUT2D eigenvalue weighted by Crippen LogP contribution is -2.41. The molecule has 0 bridgehead atoms. The van der Waals surface area contributed by atoms with E-state index < -0.39 is 0 Å². The molecule has 6 nitrogen and oxygen atoms in total. The van der Waals surface area contributed by atoms with Crippen molar-refractivity contribution >= 4 is 11.9 Å². The molecule has 30 heavy (non-hydrogen) atoms. The third kappa shape index (κ3) is 7.19. The van der Waals surface area contributed by atoms with Gasteiger partial charge in [0.2, 0.25) is 0 Å². The molecule has 160 valence electrons. The number of carbonyl (C=O) groups is 1. The number of rotatable bonds is 9. The summed E-state index contributed by atoms with van der Waals surface area (Å²) in [4.78, 5) is 19.2. The number of guanidine groups is 1. The van der Waals surface area contributed by atoms with Crippen molar-refractivity contribution < 1.29 is 4.79 Å². The highest BCUT2D eigenvalue weighted by atomic mass is 16.1. The van der Waals surface area contributed by atoms with Gasteiger partial charge in [0, 0.05) is 31.7 Å². The number of hydrogen-bond acceptors (Lipinski definition) is 3. The Hall–Kier alpha value is -2.86. The molecule has 3 rings (SSSR count). The smallest absolute Gasteiger partial charge is 0.251 e. The van der Waals surface area contributed by atoms with E-state index in [1.807, 2.05) is 37.3 Å². The molecule has 0 saturated carbocycles. The summed E-state index contributed by atoms with van der Waals surface area (Å²) in [5.41, 5.74) is 3.23. The monoisotopic (exact) mass is 407 g/mol. The molecule has 0 aromatic heterocycles. The van der Waals surface area contributed by atoms with Crippen LogP contribution in [0, 0.1) is 0 Å². The van der Waals surface area contributed by atoms with Crippen LogP contribution in [0.3, 0.4) is 0 Å². The molecule has 1 saturated heterocycles. The molecule has 1 fully saturated rings. The van der Waals surface area contributed by atoms with Crippen molar-refractivity contribution in [3.8, 4) is 0 Å². The Balaban J connectivity index is 1.42. The minimum Gasteiger partial charge on any atom is -0.357 e. The average Bonchev–Trinajstić information content (AvgIpc) is 3.29. The second-order valence-electron chi connectivity index (χ2n) is 7.54. The molecule has 0 aliphatic carbocycles. The van der Waals surface area contributed by atoms with Crippen LogP contribution < -0.4 is 16.0 Å². The van der Waals surface area contributed by atoms with Crippen LogP contribution >= 0.6 is 0 Å². The molecule has 2 aromatic rings. The van der Waals surface area contributed by atoms with Gasteiger partial charge in [0.1, 0.15) is 0 Å². The van der Waals surface area contributed by atoms with Crippen molar-refractivity contribution in [1.29, 1.82) is 0 Å². The fourth-order valence-corrected chi connectivity index (χ4v) is 3.51. The molecular weight excluding hydrogens is 374 g/mol. The summed E-state index contributed by atoms with van der Waals surface area (Å²) >= 11 is 0. The van der Waals surface area contributed by atoms with Gasteiger partial charge in [-0.3, -0.25) is 9.69 Å². The Labute approximate surface area is 179 Å². The number of hydrogen-bond donors (Lipinski definition) is 3. The van der Waals surface area contributed by atoms with Crippen molar-refractivity contribution in [2.45, 2.75) is 32.9 Å². The van der Waals surface area contributed by atoms with Gasteiger partial charge in [-0.15, -0.1) is 0 Å². The number of nitrogens with one attached hydrogen (secondary N) is 3. The lowest BCUT2D eigenvalue weighted by molar-refractivity contribution is 0.0954. The van der Waals surface area contributed by atoms with Crippen LogP contribution in [0.15, 0.2) is 59.6 Å². The summed E-state index contributed by atoms with van der Waals surface area (Å²) in [7, 11) is 0. The van der Waals surface area contributed by atoms with Crippen LogP contribution in [-0.2, 0) is 13.1 Å². The summed E-state index contributed by atoms with van der Waals surface area (Å²) in [6.45, 7) is 8.07. The molecule has 1 aliphatic rings. The zero-order chi connectivity index (χ0) is 21.0. The quantitative estimate of drug-likeness (QED) is 0.340. The Kier molecular flexibility index (Phi) is 8.72. The average molecular weight is 408 g/mol. The van der Waals surface area contributed by atoms with Gasteiger partial charge in [-0.2, -0.15) is 0 Å². The summed E-state index contributed by atoms with van der Waals surface area (Å²) in [5, 5.41) is 9.44. The van der Waals surface area contributed by atoms with Crippen LogP contribution in [-0.4, -0.2) is 49.5 Å². The van der Waals surface area contributed by atoms with E-state index in [2.05, 4.69) is 50.1 Å². The van der Waals surface area contributed by atoms with E-state index in [0.29, 0.717) is 25.2 Å². The van der Waals surface area contributed by atoms with Gasteiger partial charge in [0.25, 0.3) is 5.91 Å². The van der Waals surface area contributed by atoms with E-state index in [0.717, 1.165) is 19.0 Å². The number of aliphatic imine (C=N–C) groups is 1. The van der Waals surface area contributed by atoms with Crippen LogP contribution in [0.2, 0.25) is 0 Å². The van der Waals surface area contributed by atoms with Crippen LogP contribution in [0.25, 0.3) is 0 Å². The zero-order valence-corrected chi connectivity index (χ0v) is 17.9. The third-order valence-electron chi connectivity index (χ3n) is 5.13. The first-order chi connectivity index (χ1) is 14.7. The van der Waals surface area contributed by atoms with Gasteiger partial charge in [-0.05, 0) is 56.1 Å². The Morgan fingerprint density at radius 3 is 2.27 bits per heavy atom. The second-order valence-corrected chi connectivity index (χ2v) is 7.54. The van der Waals surface area contributed by atoms with Gasteiger partial charge < -0.3 is 16.0 Å². The van der Waals surface area contributed by atoms with E-state index in [4.69, 9.17) is 0 Å². The molecule has 0 radical (unpaired) electrons. The van der Waals surface area contributed by atoms with Crippen molar-refractivity contribution in [3.63, 3.8) is 0 Å². The Morgan fingerprint density at radius 1 is 0.900 bits per heavy atom. The van der Waals surface area contributed by atoms with Crippen molar-refractivity contribution in [1.82, 2.24) is 20.9 Å². The zero-order valence-electron chi connectivity index (χ0n) is 17.9.